The molecule has 0 unspecified atom stereocenters. The molecule has 0 bridgehead atoms. The lowest BCUT2D eigenvalue weighted by atomic mass is 9.96. The smallest absolute Gasteiger partial charge is 0.282 e. The van der Waals surface area contributed by atoms with Crippen molar-refractivity contribution in [3.05, 3.63) is 80.0 Å². The van der Waals surface area contributed by atoms with Crippen LogP contribution in [0.5, 0.6) is 17.2 Å². The first-order valence-electron chi connectivity index (χ1n) is 13.8. The number of fused-ring (bicyclic) bond motifs is 1. The van der Waals surface area contributed by atoms with Crippen molar-refractivity contribution in [1.82, 2.24) is 9.66 Å². The second-order valence-electron chi connectivity index (χ2n) is 11.5. The summed E-state index contributed by atoms with van der Waals surface area (Å²) >= 11 is 3.62. The molecule has 0 fully saturated rings. The van der Waals surface area contributed by atoms with E-state index >= 15 is 0 Å². The summed E-state index contributed by atoms with van der Waals surface area (Å²) in [4.78, 5) is 18.7. The number of aryl methyl sites for hydroxylation is 1. The van der Waals surface area contributed by atoms with Crippen LogP contribution in [0.1, 0.15) is 64.2 Å². The number of rotatable bonds is 9. The molecule has 1 heterocycles. The minimum atomic E-state index is -0.252. The first-order valence-corrected chi connectivity index (χ1v) is 14.6. The largest absolute Gasteiger partial charge is 0.494 e. The van der Waals surface area contributed by atoms with Crippen LogP contribution in [0.15, 0.2) is 62.9 Å². The van der Waals surface area contributed by atoms with E-state index in [4.69, 9.17) is 19.2 Å². The molecule has 0 saturated carbocycles. The van der Waals surface area contributed by atoms with Gasteiger partial charge in [0.05, 0.1) is 41.9 Å². The normalized spacial score (nSPS) is 12.0. The van der Waals surface area contributed by atoms with Crippen molar-refractivity contribution in [3.8, 4) is 28.6 Å². The molecule has 0 aliphatic rings. The van der Waals surface area contributed by atoms with Gasteiger partial charge in [-0.2, -0.15) is 9.78 Å². The molecule has 0 atom stereocenters. The Labute approximate surface area is 250 Å². The van der Waals surface area contributed by atoms with Gasteiger partial charge in [-0.25, -0.2) is 4.98 Å². The number of benzene rings is 3. The summed E-state index contributed by atoms with van der Waals surface area (Å²) in [5.74, 6) is 2.70. The Bertz CT molecular complexity index is 1650. The first kappa shape index (κ1) is 30.3. The highest BCUT2D eigenvalue weighted by Gasteiger charge is 2.19. The van der Waals surface area contributed by atoms with E-state index in [1.54, 1.807) is 19.4 Å². The molecule has 0 radical (unpaired) electrons. The molecular formula is C33H38BrN3O4. The molecule has 41 heavy (non-hydrogen) atoms. The molecule has 1 aromatic heterocycles. The van der Waals surface area contributed by atoms with Gasteiger partial charge in [-0.15, -0.1) is 0 Å². The van der Waals surface area contributed by atoms with Crippen molar-refractivity contribution < 1.29 is 14.2 Å². The second-order valence-corrected chi connectivity index (χ2v) is 12.3. The molecule has 8 heteroatoms. The molecule has 0 saturated heterocycles. The lowest BCUT2D eigenvalue weighted by Crippen LogP contribution is -2.21. The zero-order valence-corrected chi connectivity index (χ0v) is 26.6. The zero-order valence-electron chi connectivity index (χ0n) is 25.0. The summed E-state index contributed by atoms with van der Waals surface area (Å²) in [7, 11) is 1.60. The molecule has 0 aliphatic heterocycles. The minimum absolute atomic E-state index is 0.0142. The van der Waals surface area contributed by atoms with Crippen molar-refractivity contribution in [2.75, 3.05) is 20.3 Å². The Balaban J connectivity index is 1.88. The number of ether oxygens (including phenoxy) is 3. The predicted octanol–water partition coefficient (Wildman–Crippen LogP) is 7.97. The van der Waals surface area contributed by atoms with E-state index in [2.05, 4.69) is 61.7 Å². The number of hydrogen-bond acceptors (Lipinski definition) is 6. The van der Waals surface area contributed by atoms with Gasteiger partial charge in [0.1, 0.15) is 5.75 Å². The van der Waals surface area contributed by atoms with Gasteiger partial charge < -0.3 is 14.2 Å². The van der Waals surface area contributed by atoms with Crippen molar-refractivity contribution >= 4 is 33.0 Å². The molecule has 0 N–H and O–H groups in total. The fourth-order valence-electron chi connectivity index (χ4n) is 4.44. The fraction of sp³-hybridized carbons (Fsp3) is 0.364. The molecule has 7 nitrogen and oxygen atoms in total. The maximum atomic E-state index is 13.8. The summed E-state index contributed by atoms with van der Waals surface area (Å²) in [6.07, 6.45) is 1.63. The minimum Gasteiger partial charge on any atom is -0.494 e. The first-order chi connectivity index (χ1) is 19.4. The fourth-order valence-corrected chi connectivity index (χ4v) is 5.02. The van der Waals surface area contributed by atoms with Crippen LogP contribution in [-0.4, -0.2) is 36.2 Å². The van der Waals surface area contributed by atoms with Gasteiger partial charge in [0.2, 0.25) is 0 Å². The number of hydrogen-bond donors (Lipinski definition) is 0. The number of para-hydroxylation sites is 1. The van der Waals surface area contributed by atoms with Crippen LogP contribution in [0.25, 0.3) is 22.3 Å². The van der Waals surface area contributed by atoms with Crippen LogP contribution in [-0.2, 0) is 0 Å². The SMILES string of the molecule is CCOc1cc(C)c(-c2nc3ccccc3c(=O)n2N=Cc2cc(Br)c(OCC(C)(C)C)c(OC)c2)cc1C(C)C. The van der Waals surface area contributed by atoms with Crippen LogP contribution in [0.3, 0.4) is 0 Å². The highest BCUT2D eigenvalue weighted by Crippen LogP contribution is 2.38. The Morgan fingerprint density at radius 3 is 2.46 bits per heavy atom. The standard InChI is InChI=1S/C33H38BrN3O4/c1-9-40-28-14-21(4)25(17-24(28)20(2)3)31-36-27-13-11-10-12-23(27)32(38)37(31)35-18-22-15-26(34)30(29(16-22)39-8)41-19-33(5,6)7/h10-18,20H,9,19H2,1-8H3. The summed E-state index contributed by atoms with van der Waals surface area (Å²) in [5.41, 5.74) is 3.88. The van der Waals surface area contributed by atoms with E-state index in [0.29, 0.717) is 41.4 Å². The van der Waals surface area contributed by atoms with E-state index in [-0.39, 0.29) is 16.9 Å². The monoisotopic (exact) mass is 619 g/mol. The van der Waals surface area contributed by atoms with E-state index in [9.17, 15) is 4.79 Å². The molecule has 0 spiro atoms. The van der Waals surface area contributed by atoms with Gasteiger partial charge in [0.25, 0.3) is 5.56 Å². The van der Waals surface area contributed by atoms with E-state index < -0.39 is 0 Å². The van der Waals surface area contributed by atoms with Crippen molar-refractivity contribution in [2.24, 2.45) is 10.5 Å². The third kappa shape index (κ3) is 6.81. The highest BCUT2D eigenvalue weighted by molar-refractivity contribution is 9.10. The lowest BCUT2D eigenvalue weighted by Gasteiger charge is -2.21. The van der Waals surface area contributed by atoms with E-state index in [0.717, 1.165) is 32.5 Å². The summed E-state index contributed by atoms with van der Waals surface area (Å²) in [6.45, 7) is 15.6. The van der Waals surface area contributed by atoms with E-state index in [1.807, 2.05) is 50.2 Å². The van der Waals surface area contributed by atoms with Crippen LogP contribution in [0.2, 0.25) is 0 Å². The summed E-state index contributed by atoms with van der Waals surface area (Å²) in [5, 5.41) is 5.17. The average molecular weight is 621 g/mol. The van der Waals surface area contributed by atoms with Crippen LogP contribution >= 0.6 is 15.9 Å². The predicted molar refractivity (Wildman–Crippen MR) is 170 cm³/mol. The Morgan fingerprint density at radius 2 is 1.80 bits per heavy atom. The maximum absolute atomic E-state index is 13.8. The van der Waals surface area contributed by atoms with Crippen LogP contribution in [0.4, 0.5) is 0 Å². The van der Waals surface area contributed by atoms with Gasteiger partial charge in [-0.05, 0) is 94.2 Å². The molecule has 0 aliphatic carbocycles. The third-order valence-electron chi connectivity index (χ3n) is 6.50. The Morgan fingerprint density at radius 1 is 1.07 bits per heavy atom. The highest BCUT2D eigenvalue weighted by atomic mass is 79.9. The molecule has 0 amide bonds. The number of methoxy groups -OCH3 is 1. The van der Waals surface area contributed by atoms with Crippen molar-refractivity contribution in [3.63, 3.8) is 0 Å². The van der Waals surface area contributed by atoms with Crippen LogP contribution in [0, 0.1) is 12.3 Å². The lowest BCUT2D eigenvalue weighted by molar-refractivity contribution is 0.190. The van der Waals surface area contributed by atoms with Gasteiger partial charge in [0, 0.05) is 5.56 Å². The summed E-state index contributed by atoms with van der Waals surface area (Å²) in [6, 6.07) is 15.1. The molecule has 216 valence electrons. The molecular weight excluding hydrogens is 582 g/mol. The van der Waals surface area contributed by atoms with Gasteiger partial charge in [-0.1, -0.05) is 46.8 Å². The van der Waals surface area contributed by atoms with E-state index in [1.165, 1.54) is 4.68 Å². The van der Waals surface area contributed by atoms with Crippen molar-refractivity contribution in [1.29, 1.82) is 0 Å². The molecule has 4 rings (SSSR count). The maximum Gasteiger partial charge on any atom is 0.282 e. The summed E-state index contributed by atoms with van der Waals surface area (Å²) < 4.78 is 19.7. The quantitative estimate of drug-likeness (QED) is 0.178. The zero-order chi connectivity index (χ0) is 29.9. The third-order valence-corrected chi connectivity index (χ3v) is 7.09. The van der Waals surface area contributed by atoms with Gasteiger partial charge >= 0.3 is 0 Å². The second kappa shape index (κ2) is 12.5. The Hall–Kier alpha value is -3.65. The van der Waals surface area contributed by atoms with Gasteiger partial charge in [0.15, 0.2) is 17.3 Å². The number of aromatic nitrogens is 2. The Kier molecular flexibility index (Phi) is 9.22. The van der Waals surface area contributed by atoms with Crippen molar-refractivity contribution in [2.45, 2.75) is 54.4 Å². The van der Waals surface area contributed by atoms with Gasteiger partial charge in [-0.3, -0.25) is 4.79 Å². The van der Waals surface area contributed by atoms with Crippen LogP contribution < -0.4 is 19.8 Å². The topological polar surface area (TPSA) is 74.9 Å². The average Bonchev–Trinajstić information content (AvgIpc) is 2.91. The molecule has 3 aromatic carbocycles. The molecule has 4 aromatic rings. The number of halogens is 1. The number of nitrogens with zero attached hydrogens (tertiary/aromatic N) is 3.